The van der Waals surface area contributed by atoms with Crippen molar-refractivity contribution in [2.75, 3.05) is 26.8 Å². The highest BCUT2D eigenvalue weighted by Gasteiger charge is 2.05. The van der Waals surface area contributed by atoms with Gasteiger partial charge in [0, 0.05) is 30.8 Å². The first-order chi connectivity index (χ1) is 9.72. The minimum absolute atomic E-state index is 0. The van der Waals surface area contributed by atoms with Crippen molar-refractivity contribution >= 4 is 40.8 Å². The van der Waals surface area contributed by atoms with E-state index in [0.717, 1.165) is 13.0 Å². The second kappa shape index (κ2) is 8.89. The van der Waals surface area contributed by atoms with Gasteiger partial charge in [-0.15, -0.1) is 24.0 Å². The van der Waals surface area contributed by atoms with Crippen LogP contribution in [0, 0.1) is 6.92 Å². The van der Waals surface area contributed by atoms with Gasteiger partial charge in [-0.3, -0.25) is 4.99 Å². The Balaban J connectivity index is 0.00000220. The first-order valence-electron chi connectivity index (χ1n) is 6.80. The summed E-state index contributed by atoms with van der Waals surface area (Å²) in [6.45, 7) is 4.07. The molecule has 4 N–H and O–H groups in total. The lowest BCUT2D eigenvalue weighted by molar-refractivity contribution is 0.208. The van der Waals surface area contributed by atoms with Crippen molar-refractivity contribution in [1.82, 2.24) is 10.3 Å². The molecule has 5 nitrogen and oxygen atoms in total. The van der Waals surface area contributed by atoms with Crippen LogP contribution in [0.25, 0.3) is 10.9 Å². The molecule has 0 radical (unpaired) electrons. The van der Waals surface area contributed by atoms with Crippen LogP contribution in [0.1, 0.15) is 11.1 Å². The van der Waals surface area contributed by atoms with Crippen LogP contribution in [-0.4, -0.2) is 37.7 Å². The molecule has 0 saturated heterocycles. The molecule has 1 aromatic heterocycles. The summed E-state index contributed by atoms with van der Waals surface area (Å²) in [5.41, 5.74) is 9.55. The van der Waals surface area contributed by atoms with E-state index in [1.54, 1.807) is 7.11 Å². The van der Waals surface area contributed by atoms with Crippen LogP contribution >= 0.6 is 24.0 Å². The van der Waals surface area contributed by atoms with E-state index in [0.29, 0.717) is 19.1 Å². The number of hydrogen-bond acceptors (Lipinski definition) is 2. The number of aromatic nitrogens is 1. The molecule has 0 bridgehead atoms. The summed E-state index contributed by atoms with van der Waals surface area (Å²) >= 11 is 0. The van der Waals surface area contributed by atoms with Crippen LogP contribution in [0.15, 0.2) is 29.4 Å². The molecule has 1 aromatic carbocycles. The normalized spacial score (nSPS) is 11.4. The monoisotopic (exact) mass is 402 g/mol. The van der Waals surface area contributed by atoms with Gasteiger partial charge in [0.1, 0.15) is 0 Å². The molecular weight excluding hydrogens is 379 g/mol. The molecule has 0 saturated carbocycles. The molecule has 0 aliphatic carbocycles. The summed E-state index contributed by atoms with van der Waals surface area (Å²) in [6, 6.07) is 6.30. The fourth-order valence-electron chi connectivity index (χ4n) is 2.29. The molecule has 116 valence electrons. The second-order valence-corrected chi connectivity index (χ2v) is 4.75. The standard InChI is InChI=1S/C15H22N4O.HI/c1-11-4-3-5-13-14(11)12(10-19-13)6-7-17-15(16)18-8-9-20-2;/h3-5,10,19H,6-9H2,1-2H3,(H3,16,17,18);1H. The quantitative estimate of drug-likeness (QED) is 0.300. The Morgan fingerprint density at radius 1 is 1.43 bits per heavy atom. The Kier molecular flexibility index (Phi) is 7.52. The minimum atomic E-state index is 0. The second-order valence-electron chi connectivity index (χ2n) is 4.75. The molecular formula is C15H23IN4O. The van der Waals surface area contributed by atoms with Crippen molar-refractivity contribution in [3.8, 4) is 0 Å². The van der Waals surface area contributed by atoms with Gasteiger partial charge in [-0.05, 0) is 30.5 Å². The predicted octanol–water partition coefficient (Wildman–Crippen LogP) is 2.19. The number of methoxy groups -OCH3 is 1. The van der Waals surface area contributed by atoms with Crippen molar-refractivity contribution in [3.05, 3.63) is 35.5 Å². The van der Waals surface area contributed by atoms with Gasteiger partial charge in [0.2, 0.25) is 0 Å². The highest BCUT2D eigenvalue weighted by Crippen LogP contribution is 2.22. The number of aliphatic imine (C=N–C) groups is 1. The lowest BCUT2D eigenvalue weighted by atomic mass is 10.1. The average molecular weight is 402 g/mol. The minimum Gasteiger partial charge on any atom is -0.383 e. The molecule has 2 rings (SSSR count). The number of hydrogen-bond donors (Lipinski definition) is 3. The average Bonchev–Trinajstić information content (AvgIpc) is 2.84. The smallest absolute Gasteiger partial charge is 0.188 e. The maximum absolute atomic E-state index is 5.77. The van der Waals surface area contributed by atoms with Gasteiger partial charge < -0.3 is 20.8 Å². The van der Waals surface area contributed by atoms with Crippen molar-refractivity contribution in [1.29, 1.82) is 0 Å². The number of nitrogens with two attached hydrogens (primary N) is 1. The van der Waals surface area contributed by atoms with Crippen LogP contribution in [0.4, 0.5) is 0 Å². The van der Waals surface area contributed by atoms with Gasteiger partial charge in [-0.1, -0.05) is 12.1 Å². The van der Waals surface area contributed by atoms with Gasteiger partial charge >= 0.3 is 0 Å². The van der Waals surface area contributed by atoms with Crippen molar-refractivity contribution in [2.24, 2.45) is 10.7 Å². The van der Waals surface area contributed by atoms with E-state index in [1.165, 1.54) is 22.0 Å². The lowest BCUT2D eigenvalue weighted by Gasteiger charge is -2.06. The van der Waals surface area contributed by atoms with Crippen LogP contribution in [0.2, 0.25) is 0 Å². The van der Waals surface area contributed by atoms with E-state index >= 15 is 0 Å². The number of nitrogens with one attached hydrogen (secondary N) is 2. The molecule has 6 heteroatoms. The van der Waals surface area contributed by atoms with E-state index in [-0.39, 0.29) is 24.0 Å². The Labute approximate surface area is 142 Å². The Hall–Kier alpha value is -1.28. The van der Waals surface area contributed by atoms with Crippen molar-refractivity contribution in [3.63, 3.8) is 0 Å². The molecule has 1 heterocycles. The fraction of sp³-hybridized carbons (Fsp3) is 0.400. The third kappa shape index (κ3) is 4.89. The number of aromatic amines is 1. The zero-order chi connectivity index (χ0) is 14.4. The van der Waals surface area contributed by atoms with E-state index in [1.807, 2.05) is 0 Å². The predicted molar refractivity (Wildman–Crippen MR) is 98.5 cm³/mol. The number of halogens is 1. The number of benzene rings is 1. The van der Waals surface area contributed by atoms with Gasteiger partial charge in [0.25, 0.3) is 0 Å². The molecule has 0 unspecified atom stereocenters. The third-order valence-electron chi connectivity index (χ3n) is 3.27. The van der Waals surface area contributed by atoms with Crippen LogP contribution < -0.4 is 11.1 Å². The van der Waals surface area contributed by atoms with Gasteiger partial charge in [-0.25, -0.2) is 0 Å². The van der Waals surface area contributed by atoms with Crippen molar-refractivity contribution < 1.29 is 4.74 Å². The SMILES string of the molecule is COCCN=C(N)NCCc1c[nH]c2cccc(C)c12.I. The number of nitrogens with zero attached hydrogens (tertiary/aromatic N) is 1. The summed E-state index contributed by atoms with van der Waals surface area (Å²) in [6.07, 6.45) is 2.98. The van der Waals surface area contributed by atoms with Crippen LogP contribution in [-0.2, 0) is 11.2 Å². The van der Waals surface area contributed by atoms with Crippen molar-refractivity contribution in [2.45, 2.75) is 13.3 Å². The van der Waals surface area contributed by atoms with Gasteiger partial charge in [0.05, 0.1) is 13.2 Å². The Morgan fingerprint density at radius 2 is 2.24 bits per heavy atom. The lowest BCUT2D eigenvalue weighted by Crippen LogP contribution is -2.33. The van der Waals surface area contributed by atoms with E-state index in [2.05, 4.69) is 46.6 Å². The molecule has 0 aliphatic rings. The van der Waals surface area contributed by atoms with E-state index < -0.39 is 0 Å². The summed E-state index contributed by atoms with van der Waals surface area (Å²) in [4.78, 5) is 7.47. The molecule has 0 aliphatic heterocycles. The molecule has 2 aromatic rings. The fourth-order valence-corrected chi connectivity index (χ4v) is 2.29. The van der Waals surface area contributed by atoms with Gasteiger partial charge in [0.15, 0.2) is 5.96 Å². The number of ether oxygens (including phenoxy) is 1. The Bertz CT molecular complexity index is 594. The maximum atomic E-state index is 5.77. The topological polar surface area (TPSA) is 75.4 Å². The summed E-state index contributed by atoms with van der Waals surface area (Å²) in [7, 11) is 1.65. The first kappa shape index (κ1) is 17.8. The molecule has 0 spiro atoms. The molecule has 21 heavy (non-hydrogen) atoms. The van der Waals surface area contributed by atoms with Crippen LogP contribution in [0.5, 0.6) is 0 Å². The highest BCUT2D eigenvalue weighted by atomic mass is 127. The molecule has 0 fully saturated rings. The van der Waals surface area contributed by atoms with E-state index in [4.69, 9.17) is 10.5 Å². The Morgan fingerprint density at radius 3 is 3.00 bits per heavy atom. The maximum Gasteiger partial charge on any atom is 0.188 e. The van der Waals surface area contributed by atoms with Gasteiger partial charge in [-0.2, -0.15) is 0 Å². The first-order valence-corrected chi connectivity index (χ1v) is 6.80. The highest BCUT2D eigenvalue weighted by molar-refractivity contribution is 14.0. The third-order valence-corrected chi connectivity index (χ3v) is 3.27. The number of guanidine groups is 1. The van der Waals surface area contributed by atoms with E-state index in [9.17, 15) is 0 Å². The van der Waals surface area contributed by atoms with Crippen LogP contribution in [0.3, 0.4) is 0 Å². The summed E-state index contributed by atoms with van der Waals surface area (Å²) in [5, 5.41) is 4.43. The summed E-state index contributed by atoms with van der Waals surface area (Å²) in [5.74, 6) is 0.471. The molecule has 0 atom stereocenters. The number of aryl methyl sites for hydroxylation is 1. The zero-order valence-corrected chi connectivity index (χ0v) is 14.8. The summed E-state index contributed by atoms with van der Waals surface area (Å²) < 4.78 is 4.92. The zero-order valence-electron chi connectivity index (χ0n) is 12.5. The number of H-pyrrole nitrogens is 1. The number of fused-ring (bicyclic) bond motifs is 1. The number of rotatable bonds is 6. The largest absolute Gasteiger partial charge is 0.383 e. The molecule has 0 amide bonds.